The topological polar surface area (TPSA) is 77.9 Å². The van der Waals surface area contributed by atoms with E-state index < -0.39 is 34.6 Å². The Balaban J connectivity index is 2.06. The third kappa shape index (κ3) is 6.05. The van der Waals surface area contributed by atoms with Crippen molar-refractivity contribution in [3.05, 3.63) is 36.4 Å². The van der Waals surface area contributed by atoms with Crippen LogP contribution < -0.4 is 10.4 Å². The molecule has 28 heavy (non-hydrogen) atoms. The highest BCUT2D eigenvalue weighted by Crippen LogP contribution is 2.24. The number of aliphatic imine (C=N–C) groups is 1. The number of carbonyl (C=O) groups is 1. The first-order chi connectivity index (χ1) is 13.1. The van der Waals surface area contributed by atoms with E-state index in [-0.39, 0.29) is 17.2 Å². The molecule has 0 saturated heterocycles. The second-order valence-corrected chi connectivity index (χ2v) is 8.28. The number of aromatic nitrogens is 1. The van der Waals surface area contributed by atoms with Gasteiger partial charge in [-0.2, -0.15) is 0 Å². The number of likely N-dealkylation sites (N-methyl/N-ethyl adjacent to an activating group) is 1. The van der Waals surface area contributed by atoms with Gasteiger partial charge in [0.2, 0.25) is 5.92 Å². The summed E-state index contributed by atoms with van der Waals surface area (Å²) in [6.45, 7) is 0.770. The molecule has 1 aromatic rings. The molecule has 1 aliphatic rings. The molecule has 11 heteroatoms. The second kappa shape index (κ2) is 9.53. The van der Waals surface area contributed by atoms with Gasteiger partial charge in [-0.05, 0) is 19.1 Å². The number of hydrazine groups is 1. The minimum atomic E-state index is -2.90. The Morgan fingerprint density at radius 3 is 2.82 bits per heavy atom. The van der Waals surface area contributed by atoms with Gasteiger partial charge in [-0.25, -0.2) is 14.2 Å². The van der Waals surface area contributed by atoms with E-state index in [1.807, 2.05) is 6.07 Å². The summed E-state index contributed by atoms with van der Waals surface area (Å²) in [7, 11) is 1.29. The van der Waals surface area contributed by atoms with E-state index in [1.165, 1.54) is 19.0 Å². The predicted octanol–water partition coefficient (Wildman–Crippen LogP) is 2.14. The largest absolute Gasteiger partial charge is 0.310 e. The van der Waals surface area contributed by atoms with Crippen molar-refractivity contribution in [1.82, 2.24) is 15.3 Å². The van der Waals surface area contributed by atoms with Gasteiger partial charge in [0.25, 0.3) is 5.91 Å². The number of alkyl halides is 3. The molecule has 1 N–H and O–H groups in total. The number of amides is 1. The molecule has 7 nitrogen and oxygen atoms in total. The lowest BCUT2D eigenvalue weighted by Crippen LogP contribution is -2.40. The zero-order valence-electron chi connectivity index (χ0n) is 15.7. The molecule has 2 heterocycles. The van der Waals surface area contributed by atoms with Crippen molar-refractivity contribution in [2.45, 2.75) is 24.8 Å². The highest BCUT2D eigenvalue weighted by atomic mass is 35.5. The van der Waals surface area contributed by atoms with Crippen LogP contribution >= 0.6 is 11.6 Å². The standard InChI is InChI=1S/C17H22ClF2N5O2S/c1-17(19,20)6-8-28(27)11-13(21-2)16(26)24(3)14-10-25(23-15(14)18)12-5-4-7-22-9-12/h4-5,7,9-10,15,23H,6,8,11H2,1-3H3. The lowest BCUT2D eigenvalue weighted by Gasteiger charge is -2.21. The summed E-state index contributed by atoms with van der Waals surface area (Å²) in [6, 6.07) is 3.58. The molecule has 2 rings (SSSR count). The Bertz CT molecular complexity index is 786. The molecule has 1 amide bonds. The second-order valence-electron chi connectivity index (χ2n) is 6.27. The van der Waals surface area contributed by atoms with Crippen LogP contribution in [-0.2, 0) is 15.6 Å². The quantitative estimate of drug-likeness (QED) is 0.386. The number of hydrogen-bond acceptors (Lipinski definition) is 6. The summed E-state index contributed by atoms with van der Waals surface area (Å²) < 4.78 is 37.9. The van der Waals surface area contributed by atoms with Crippen molar-refractivity contribution in [2.24, 2.45) is 4.99 Å². The maximum atomic E-state index is 12.9. The Kier molecular flexibility index (Phi) is 7.62. The third-order valence-corrected chi connectivity index (χ3v) is 5.55. The van der Waals surface area contributed by atoms with Gasteiger partial charge in [-0.3, -0.25) is 24.0 Å². The summed E-state index contributed by atoms with van der Waals surface area (Å²) in [6.07, 6.45) is 4.40. The van der Waals surface area contributed by atoms with E-state index in [9.17, 15) is 17.8 Å². The first kappa shape index (κ1) is 22.4. The Hall–Kier alpha value is -1.91. The van der Waals surface area contributed by atoms with Crippen LogP contribution in [0, 0.1) is 0 Å². The molecule has 0 saturated carbocycles. The van der Waals surface area contributed by atoms with E-state index in [1.54, 1.807) is 29.7 Å². The number of pyridine rings is 1. The highest BCUT2D eigenvalue weighted by Gasteiger charge is 2.31. The fourth-order valence-electron chi connectivity index (χ4n) is 2.38. The van der Waals surface area contributed by atoms with E-state index in [0.29, 0.717) is 5.70 Å². The predicted molar refractivity (Wildman–Crippen MR) is 107 cm³/mol. The van der Waals surface area contributed by atoms with E-state index in [0.717, 1.165) is 12.6 Å². The van der Waals surface area contributed by atoms with Crippen molar-refractivity contribution in [3.8, 4) is 0 Å². The van der Waals surface area contributed by atoms with Gasteiger partial charge >= 0.3 is 0 Å². The van der Waals surface area contributed by atoms with Crippen LogP contribution in [0.15, 0.2) is 41.4 Å². The summed E-state index contributed by atoms with van der Waals surface area (Å²) in [5.74, 6) is -3.81. The van der Waals surface area contributed by atoms with Gasteiger partial charge in [0.1, 0.15) is 11.2 Å². The van der Waals surface area contributed by atoms with E-state index >= 15 is 0 Å². The average molecular weight is 434 g/mol. The highest BCUT2D eigenvalue weighted by molar-refractivity contribution is 7.85. The Morgan fingerprint density at radius 2 is 2.25 bits per heavy atom. The molecule has 0 bridgehead atoms. The minimum Gasteiger partial charge on any atom is -0.310 e. The molecule has 1 aliphatic heterocycles. The van der Waals surface area contributed by atoms with Gasteiger partial charge < -0.3 is 4.90 Å². The van der Waals surface area contributed by atoms with Gasteiger partial charge in [-0.15, -0.1) is 0 Å². The van der Waals surface area contributed by atoms with Crippen LogP contribution in [0.3, 0.4) is 0 Å². The molecule has 1 aromatic heterocycles. The fourth-order valence-corrected chi connectivity index (χ4v) is 3.97. The van der Waals surface area contributed by atoms with Gasteiger partial charge in [0, 0.05) is 49.5 Å². The Labute approximate surface area is 169 Å². The minimum absolute atomic E-state index is 0.0323. The Morgan fingerprint density at radius 1 is 1.54 bits per heavy atom. The average Bonchev–Trinajstić information content (AvgIpc) is 3.05. The van der Waals surface area contributed by atoms with Crippen LogP contribution in [0.25, 0.3) is 0 Å². The molecule has 0 spiro atoms. The van der Waals surface area contributed by atoms with Crippen molar-refractivity contribution >= 4 is 39.7 Å². The van der Waals surface area contributed by atoms with Crippen LogP contribution in [0.2, 0.25) is 0 Å². The number of halogens is 3. The lowest BCUT2D eigenvalue weighted by atomic mass is 10.3. The number of anilines is 1. The van der Waals surface area contributed by atoms with E-state index in [2.05, 4.69) is 15.4 Å². The number of hydrogen-bond donors (Lipinski definition) is 1. The fraction of sp³-hybridized carbons (Fsp3) is 0.471. The summed E-state index contributed by atoms with van der Waals surface area (Å²) in [4.78, 5) is 22.0. The zero-order chi connectivity index (χ0) is 20.9. The normalized spacial score (nSPS) is 18.8. The monoisotopic (exact) mass is 433 g/mol. The van der Waals surface area contributed by atoms with Crippen molar-refractivity contribution in [2.75, 3.05) is 30.6 Å². The first-order valence-electron chi connectivity index (χ1n) is 8.40. The first-order valence-corrected chi connectivity index (χ1v) is 10.3. The van der Waals surface area contributed by atoms with Crippen molar-refractivity contribution < 1.29 is 17.8 Å². The summed E-state index contributed by atoms with van der Waals surface area (Å²) >= 11 is 6.30. The number of rotatable bonds is 8. The molecule has 2 unspecified atom stereocenters. The number of nitrogens with one attached hydrogen (secondary N) is 1. The van der Waals surface area contributed by atoms with Crippen LogP contribution in [0.5, 0.6) is 0 Å². The SMILES string of the molecule is CN=C(CS(=O)CCC(C)(F)F)C(=O)N(C)C1=CN(c2cccnc2)NC1Cl. The molecule has 0 aliphatic carbocycles. The van der Waals surface area contributed by atoms with Crippen molar-refractivity contribution in [1.29, 1.82) is 0 Å². The molecule has 0 fully saturated rings. The van der Waals surface area contributed by atoms with Gasteiger partial charge in [0.05, 0.1) is 23.3 Å². The molecular weight excluding hydrogens is 412 g/mol. The maximum Gasteiger partial charge on any atom is 0.272 e. The molecule has 0 radical (unpaired) electrons. The van der Waals surface area contributed by atoms with E-state index in [4.69, 9.17) is 11.6 Å². The third-order valence-electron chi connectivity index (χ3n) is 3.97. The smallest absolute Gasteiger partial charge is 0.272 e. The molecule has 154 valence electrons. The lowest BCUT2D eigenvalue weighted by molar-refractivity contribution is -0.121. The van der Waals surface area contributed by atoms with Gasteiger partial charge in [0.15, 0.2) is 0 Å². The van der Waals surface area contributed by atoms with Crippen LogP contribution in [0.4, 0.5) is 14.5 Å². The van der Waals surface area contributed by atoms with Crippen LogP contribution in [-0.4, -0.2) is 62.7 Å². The summed E-state index contributed by atoms with van der Waals surface area (Å²) in [5, 5.41) is 1.63. The molecular formula is C17H22ClF2N5O2S. The number of nitrogens with zero attached hydrogens (tertiary/aromatic N) is 4. The maximum absolute atomic E-state index is 12.9. The van der Waals surface area contributed by atoms with Crippen LogP contribution in [0.1, 0.15) is 13.3 Å². The molecule has 2 atom stereocenters. The summed E-state index contributed by atoms with van der Waals surface area (Å²) in [5.41, 5.74) is 3.52. The zero-order valence-corrected chi connectivity index (χ0v) is 17.3. The van der Waals surface area contributed by atoms with Gasteiger partial charge in [-0.1, -0.05) is 11.6 Å². The van der Waals surface area contributed by atoms with Crippen molar-refractivity contribution in [3.63, 3.8) is 0 Å². The molecule has 0 aromatic carbocycles. The number of carbonyl (C=O) groups excluding carboxylic acids is 1.